The molecule has 6 heteroatoms. The third-order valence-corrected chi connectivity index (χ3v) is 1.73. The molecule has 0 atom stereocenters. The van der Waals surface area contributed by atoms with Gasteiger partial charge >= 0.3 is 0 Å². The van der Waals surface area contributed by atoms with E-state index >= 15 is 0 Å². The molecule has 1 N–H and O–H groups in total. The molecule has 0 fully saturated rings. The number of aromatic nitrogens is 2. The highest BCUT2D eigenvalue weighted by atomic mass is 32.1. The van der Waals surface area contributed by atoms with Crippen LogP contribution in [0.3, 0.4) is 0 Å². The minimum Gasteiger partial charge on any atom is -0.296 e. The molecule has 0 radical (unpaired) electrons. The first kappa shape index (κ1) is 8.79. The highest BCUT2D eigenvalue weighted by Gasteiger charge is 2.06. The molecule has 1 rings (SSSR count). The molecule has 0 aliphatic rings. The zero-order chi connectivity index (χ0) is 8.97. The third-order valence-electron chi connectivity index (χ3n) is 1.03. The SMILES string of the molecule is CC(=O)NC(=O)Cc1nncs1. The molecule has 1 aromatic rings. The Hall–Kier alpha value is -1.30. The zero-order valence-corrected chi connectivity index (χ0v) is 7.22. The first-order chi connectivity index (χ1) is 5.68. The van der Waals surface area contributed by atoms with Gasteiger partial charge in [-0.3, -0.25) is 14.9 Å². The fourth-order valence-electron chi connectivity index (χ4n) is 0.651. The minimum absolute atomic E-state index is 0.115. The topological polar surface area (TPSA) is 72.0 Å². The van der Waals surface area contributed by atoms with Crippen LogP contribution in [0, 0.1) is 0 Å². The summed E-state index contributed by atoms with van der Waals surface area (Å²) < 4.78 is 0. The number of nitrogens with one attached hydrogen (secondary N) is 1. The predicted molar refractivity (Wildman–Crippen MR) is 42.4 cm³/mol. The van der Waals surface area contributed by atoms with Crippen LogP contribution in [0.2, 0.25) is 0 Å². The summed E-state index contributed by atoms with van der Waals surface area (Å²) in [7, 11) is 0. The van der Waals surface area contributed by atoms with E-state index in [-0.39, 0.29) is 18.2 Å². The summed E-state index contributed by atoms with van der Waals surface area (Å²) in [6, 6.07) is 0. The smallest absolute Gasteiger partial charge is 0.233 e. The zero-order valence-electron chi connectivity index (χ0n) is 6.40. The number of carbonyl (C=O) groups is 2. The number of carbonyl (C=O) groups excluding carboxylic acids is 2. The van der Waals surface area contributed by atoms with Gasteiger partial charge in [-0.05, 0) is 0 Å². The van der Waals surface area contributed by atoms with E-state index in [1.807, 2.05) is 0 Å². The van der Waals surface area contributed by atoms with Crippen molar-refractivity contribution in [3.63, 3.8) is 0 Å². The molecule has 0 saturated heterocycles. The number of hydrogen-bond acceptors (Lipinski definition) is 5. The fourth-order valence-corrected chi connectivity index (χ4v) is 1.18. The predicted octanol–water partition coefficient (Wildman–Crippen LogP) is -0.257. The summed E-state index contributed by atoms with van der Waals surface area (Å²) in [4.78, 5) is 21.3. The molecule has 0 aromatic carbocycles. The lowest BCUT2D eigenvalue weighted by Crippen LogP contribution is -2.29. The van der Waals surface area contributed by atoms with Gasteiger partial charge in [0.05, 0.1) is 6.42 Å². The summed E-state index contributed by atoms with van der Waals surface area (Å²) in [5.41, 5.74) is 1.54. The van der Waals surface area contributed by atoms with Gasteiger partial charge in [0.1, 0.15) is 10.5 Å². The van der Waals surface area contributed by atoms with Gasteiger partial charge in [-0.25, -0.2) is 0 Å². The van der Waals surface area contributed by atoms with E-state index in [9.17, 15) is 9.59 Å². The second-order valence-corrected chi connectivity index (χ2v) is 3.03. The Morgan fingerprint density at radius 3 is 2.92 bits per heavy atom. The van der Waals surface area contributed by atoms with Crippen molar-refractivity contribution in [3.05, 3.63) is 10.5 Å². The molecule has 2 amide bonds. The molecule has 1 aromatic heterocycles. The molecule has 0 aliphatic heterocycles. The van der Waals surface area contributed by atoms with Gasteiger partial charge in [-0.1, -0.05) is 0 Å². The van der Waals surface area contributed by atoms with Crippen LogP contribution in [0.4, 0.5) is 0 Å². The van der Waals surface area contributed by atoms with E-state index in [0.29, 0.717) is 5.01 Å². The summed E-state index contributed by atoms with van der Waals surface area (Å²) >= 11 is 1.28. The lowest BCUT2D eigenvalue weighted by Gasteiger charge is -1.95. The van der Waals surface area contributed by atoms with Crippen molar-refractivity contribution in [2.24, 2.45) is 0 Å². The van der Waals surface area contributed by atoms with Gasteiger partial charge in [0.2, 0.25) is 11.8 Å². The van der Waals surface area contributed by atoms with E-state index in [0.717, 1.165) is 0 Å². The Kier molecular flexibility index (Phi) is 2.87. The Labute approximate surface area is 72.8 Å². The van der Waals surface area contributed by atoms with Crippen LogP contribution < -0.4 is 5.32 Å². The van der Waals surface area contributed by atoms with Gasteiger partial charge in [0.25, 0.3) is 0 Å². The normalized spacial score (nSPS) is 9.42. The van der Waals surface area contributed by atoms with E-state index in [1.54, 1.807) is 0 Å². The number of nitrogens with zero attached hydrogens (tertiary/aromatic N) is 2. The van der Waals surface area contributed by atoms with Gasteiger partial charge in [0.15, 0.2) is 0 Å². The molecule has 64 valence electrons. The maximum absolute atomic E-state index is 10.9. The van der Waals surface area contributed by atoms with Gasteiger partial charge in [-0.15, -0.1) is 21.5 Å². The second kappa shape index (κ2) is 3.91. The molecule has 0 aliphatic carbocycles. The number of amides is 2. The molecule has 1 heterocycles. The van der Waals surface area contributed by atoms with Crippen molar-refractivity contribution in [1.29, 1.82) is 0 Å². The van der Waals surface area contributed by atoms with Crippen molar-refractivity contribution in [3.8, 4) is 0 Å². The largest absolute Gasteiger partial charge is 0.296 e. The van der Waals surface area contributed by atoms with Crippen LogP contribution in [0.15, 0.2) is 5.51 Å². The average molecular weight is 185 g/mol. The first-order valence-electron chi connectivity index (χ1n) is 3.24. The lowest BCUT2D eigenvalue weighted by atomic mass is 10.4. The lowest BCUT2D eigenvalue weighted by molar-refractivity contribution is -0.128. The van der Waals surface area contributed by atoms with Crippen molar-refractivity contribution in [1.82, 2.24) is 15.5 Å². The summed E-state index contributed by atoms with van der Waals surface area (Å²) in [5, 5.41) is 9.97. The van der Waals surface area contributed by atoms with Crippen molar-refractivity contribution in [2.75, 3.05) is 0 Å². The van der Waals surface area contributed by atoms with Gasteiger partial charge < -0.3 is 0 Å². The quantitative estimate of drug-likeness (QED) is 0.689. The van der Waals surface area contributed by atoms with Crippen LogP contribution in [0.5, 0.6) is 0 Å². The van der Waals surface area contributed by atoms with Crippen molar-refractivity contribution in [2.45, 2.75) is 13.3 Å². The molecule has 0 unspecified atom stereocenters. The minimum atomic E-state index is -0.357. The third kappa shape index (κ3) is 2.75. The monoisotopic (exact) mass is 185 g/mol. The molecule has 0 bridgehead atoms. The highest BCUT2D eigenvalue weighted by molar-refractivity contribution is 7.09. The van der Waals surface area contributed by atoms with Crippen molar-refractivity contribution < 1.29 is 9.59 Å². The van der Waals surface area contributed by atoms with Crippen molar-refractivity contribution >= 4 is 23.2 Å². The highest BCUT2D eigenvalue weighted by Crippen LogP contribution is 2.01. The van der Waals surface area contributed by atoms with Crippen LogP contribution >= 0.6 is 11.3 Å². The van der Waals surface area contributed by atoms with E-state index in [4.69, 9.17) is 0 Å². The molecular weight excluding hydrogens is 178 g/mol. The van der Waals surface area contributed by atoms with E-state index < -0.39 is 0 Å². The Bertz CT molecular complexity index is 283. The van der Waals surface area contributed by atoms with Gasteiger partial charge in [-0.2, -0.15) is 0 Å². The van der Waals surface area contributed by atoms with E-state index in [1.165, 1.54) is 23.8 Å². The summed E-state index contributed by atoms with van der Waals surface area (Å²) in [5.74, 6) is -0.705. The van der Waals surface area contributed by atoms with E-state index in [2.05, 4.69) is 15.5 Å². The van der Waals surface area contributed by atoms with Gasteiger partial charge in [0, 0.05) is 6.92 Å². The van der Waals surface area contributed by atoms with Crippen LogP contribution in [-0.4, -0.2) is 22.0 Å². The molecular formula is C6H7N3O2S. The standard InChI is InChI=1S/C6H7N3O2S/c1-4(10)8-5(11)2-6-9-7-3-12-6/h3H,2H2,1H3,(H,8,10,11). The Morgan fingerprint density at radius 2 is 2.42 bits per heavy atom. The van der Waals surface area contributed by atoms with Crippen LogP contribution in [0.25, 0.3) is 0 Å². The summed E-state index contributed by atoms with van der Waals surface area (Å²) in [6.07, 6.45) is 0.115. The molecule has 5 nitrogen and oxygen atoms in total. The molecule has 0 saturated carbocycles. The fraction of sp³-hybridized carbons (Fsp3) is 0.333. The van der Waals surface area contributed by atoms with Crippen LogP contribution in [-0.2, 0) is 16.0 Å². The average Bonchev–Trinajstić information content (AvgIpc) is 2.37. The first-order valence-corrected chi connectivity index (χ1v) is 4.12. The number of hydrogen-bond donors (Lipinski definition) is 1. The molecule has 12 heavy (non-hydrogen) atoms. The second-order valence-electron chi connectivity index (χ2n) is 2.11. The maximum atomic E-state index is 10.9. The summed E-state index contributed by atoms with van der Waals surface area (Å²) in [6.45, 7) is 1.29. The Balaban J connectivity index is 2.42. The Morgan fingerprint density at radius 1 is 1.67 bits per heavy atom. The number of imide groups is 1. The van der Waals surface area contributed by atoms with Crippen LogP contribution in [0.1, 0.15) is 11.9 Å². The molecule has 0 spiro atoms. The number of rotatable bonds is 2. The maximum Gasteiger partial charge on any atom is 0.233 e.